The Bertz CT molecular complexity index is 1770. The standard InChI is InChI=1S/C32H30BrFN4O2/c1-5-20(2)31-36-30-15-10-25(33)17-28(30)32(39)38(31)35-18-24-16-21(3)37(22(24)4)26-11-13-27(14-12-26)40-19-23-8-6-7-9-29(23)34/h6-18,20H,5,19H2,1-4H3/t20-/m1/s1. The van der Waals surface area contributed by atoms with Crippen LogP contribution in [0.5, 0.6) is 5.75 Å². The maximum atomic E-state index is 13.9. The quantitative estimate of drug-likeness (QED) is 0.172. The van der Waals surface area contributed by atoms with E-state index in [9.17, 15) is 9.18 Å². The van der Waals surface area contributed by atoms with Crippen LogP contribution in [0.2, 0.25) is 0 Å². The van der Waals surface area contributed by atoms with Gasteiger partial charge in [0.2, 0.25) is 0 Å². The highest BCUT2D eigenvalue weighted by molar-refractivity contribution is 9.10. The highest BCUT2D eigenvalue weighted by Gasteiger charge is 2.16. The van der Waals surface area contributed by atoms with Crippen LogP contribution in [0.25, 0.3) is 16.6 Å². The smallest absolute Gasteiger partial charge is 0.282 e. The predicted octanol–water partition coefficient (Wildman–Crippen LogP) is 7.68. The second-order valence-electron chi connectivity index (χ2n) is 9.84. The monoisotopic (exact) mass is 600 g/mol. The van der Waals surface area contributed by atoms with E-state index in [1.807, 2.05) is 63.2 Å². The summed E-state index contributed by atoms with van der Waals surface area (Å²) in [5.41, 5.74) is 4.84. The van der Waals surface area contributed by atoms with Crippen LogP contribution in [-0.4, -0.2) is 20.4 Å². The molecule has 0 N–H and O–H groups in total. The average Bonchev–Trinajstić information content (AvgIpc) is 3.24. The lowest BCUT2D eigenvalue weighted by molar-refractivity contribution is 0.300. The number of rotatable bonds is 8. The van der Waals surface area contributed by atoms with Crippen LogP contribution in [-0.2, 0) is 6.61 Å². The molecule has 6 nitrogen and oxygen atoms in total. The maximum absolute atomic E-state index is 13.9. The minimum Gasteiger partial charge on any atom is -0.489 e. The van der Waals surface area contributed by atoms with Gasteiger partial charge in [0, 0.05) is 38.6 Å². The SMILES string of the molecule is CC[C@@H](C)c1nc2ccc(Br)cc2c(=O)n1N=Cc1cc(C)n(-c2ccc(OCc3ccccc3F)cc2)c1C. The van der Waals surface area contributed by atoms with E-state index in [0.717, 1.165) is 33.5 Å². The Morgan fingerprint density at radius 2 is 1.82 bits per heavy atom. The summed E-state index contributed by atoms with van der Waals surface area (Å²) in [5.74, 6) is 1.07. The van der Waals surface area contributed by atoms with Crippen molar-refractivity contribution in [2.75, 3.05) is 0 Å². The molecule has 3 aromatic carbocycles. The number of ether oxygens (including phenoxy) is 1. The van der Waals surface area contributed by atoms with Crippen LogP contribution < -0.4 is 10.3 Å². The highest BCUT2D eigenvalue weighted by Crippen LogP contribution is 2.24. The molecular formula is C32H30BrFN4O2. The van der Waals surface area contributed by atoms with Crippen LogP contribution in [0.1, 0.15) is 54.5 Å². The lowest BCUT2D eigenvalue weighted by atomic mass is 10.1. The lowest BCUT2D eigenvalue weighted by Gasteiger charge is -2.14. The molecule has 1 atom stereocenters. The normalized spacial score (nSPS) is 12.3. The van der Waals surface area contributed by atoms with Gasteiger partial charge in [-0.1, -0.05) is 48.0 Å². The Morgan fingerprint density at radius 3 is 2.55 bits per heavy atom. The van der Waals surface area contributed by atoms with E-state index in [2.05, 4.69) is 32.5 Å². The van der Waals surface area contributed by atoms with Crippen molar-refractivity contribution in [3.8, 4) is 11.4 Å². The summed E-state index contributed by atoms with van der Waals surface area (Å²) in [4.78, 5) is 18.3. The molecule has 8 heteroatoms. The molecule has 0 radical (unpaired) electrons. The number of hydrogen-bond donors (Lipinski definition) is 0. The number of hydrogen-bond acceptors (Lipinski definition) is 4. The van der Waals surface area contributed by atoms with Crippen molar-refractivity contribution >= 4 is 33.0 Å². The third kappa shape index (κ3) is 5.49. The first-order valence-electron chi connectivity index (χ1n) is 13.2. The largest absolute Gasteiger partial charge is 0.489 e. The van der Waals surface area contributed by atoms with Gasteiger partial charge in [0.1, 0.15) is 24.0 Å². The van der Waals surface area contributed by atoms with Crippen LogP contribution in [0.4, 0.5) is 4.39 Å². The van der Waals surface area contributed by atoms with Gasteiger partial charge in [-0.15, -0.1) is 0 Å². The lowest BCUT2D eigenvalue weighted by Crippen LogP contribution is -2.23. The molecule has 0 unspecified atom stereocenters. The second-order valence-corrected chi connectivity index (χ2v) is 10.8. The first kappa shape index (κ1) is 27.5. The Kier molecular flexibility index (Phi) is 7.98. The van der Waals surface area contributed by atoms with Gasteiger partial charge in [0.15, 0.2) is 0 Å². The third-order valence-electron chi connectivity index (χ3n) is 7.12. The average molecular weight is 602 g/mol. The van der Waals surface area contributed by atoms with Gasteiger partial charge in [0.25, 0.3) is 5.56 Å². The van der Waals surface area contributed by atoms with Crippen LogP contribution in [0.3, 0.4) is 0 Å². The number of fused-ring (bicyclic) bond motifs is 1. The van der Waals surface area contributed by atoms with Crippen molar-refractivity contribution in [1.82, 2.24) is 14.2 Å². The summed E-state index contributed by atoms with van der Waals surface area (Å²) < 4.78 is 24.1. The van der Waals surface area contributed by atoms with Crippen molar-refractivity contribution in [1.29, 1.82) is 0 Å². The van der Waals surface area contributed by atoms with Gasteiger partial charge in [-0.25, -0.2) is 9.37 Å². The zero-order chi connectivity index (χ0) is 28.4. The van der Waals surface area contributed by atoms with Crippen molar-refractivity contribution < 1.29 is 9.13 Å². The molecule has 0 aliphatic rings. The molecule has 0 saturated carbocycles. The molecule has 0 aliphatic heterocycles. The molecular weight excluding hydrogens is 571 g/mol. The highest BCUT2D eigenvalue weighted by atomic mass is 79.9. The Morgan fingerprint density at radius 1 is 1.07 bits per heavy atom. The van der Waals surface area contributed by atoms with Crippen LogP contribution in [0, 0.1) is 19.7 Å². The predicted molar refractivity (Wildman–Crippen MR) is 161 cm³/mol. The molecule has 2 heterocycles. The van der Waals surface area contributed by atoms with Crippen LogP contribution >= 0.6 is 15.9 Å². The fourth-order valence-electron chi connectivity index (χ4n) is 4.68. The number of aryl methyl sites for hydroxylation is 1. The summed E-state index contributed by atoms with van der Waals surface area (Å²) in [6.07, 6.45) is 2.56. The molecule has 40 heavy (non-hydrogen) atoms. The fraction of sp³-hybridized carbons (Fsp3) is 0.219. The van der Waals surface area contributed by atoms with Gasteiger partial charge in [-0.3, -0.25) is 4.79 Å². The Hall–Kier alpha value is -4.04. The maximum Gasteiger partial charge on any atom is 0.282 e. The minimum absolute atomic E-state index is 0.0597. The van der Waals surface area contributed by atoms with Gasteiger partial charge >= 0.3 is 0 Å². The minimum atomic E-state index is -0.280. The van der Waals surface area contributed by atoms with Crippen molar-refractivity contribution in [2.24, 2.45) is 5.10 Å². The summed E-state index contributed by atoms with van der Waals surface area (Å²) in [7, 11) is 0. The molecule has 204 valence electrons. The summed E-state index contributed by atoms with van der Waals surface area (Å²) in [6.45, 7) is 8.32. The first-order chi connectivity index (χ1) is 19.3. The van der Waals surface area contributed by atoms with E-state index in [1.54, 1.807) is 30.5 Å². The first-order valence-corrected chi connectivity index (χ1v) is 14.0. The van der Waals surface area contributed by atoms with E-state index in [4.69, 9.17) is 9.72 Å². The van der Waals surface area contributed by atoms with Gasteiger partial charge in [-0.2, -0.15) is 9.78 Å². The fourth-order valence-corrected chi connectivity index (χ4v) is 5.04. The summed E-state index contributed by atoms with van der Waals surface area (Å²) >= 11 is 3.46. The molecule has 0 spiro atoms. The van der Waals surface area contributed by atoms with E-state index in [0.29, 0.717) is 28.0 Å². The molecule has 5 aromatic rings. The number of aromatic nitrogens is 3. The topological polar surface area (TPSA) is 61.4 Å². The zero-order valence-electron chi connectivity index (χ0n) is 22.9. The molecule has 0 amide bonds. The second kappa shape index (κ2) is 11.6. The van der Waals surface area contributed by atoms with Crippen molar-refractivity contribution in [2.45, 2.75) is 46.6 Å². The van der Waals surface area contributed by atoms with Crippen LogP contribution in [0.15, 0.2) is 87.2 Å². The molecule has 2 aromatic heterocycles. The molecule has 5 rings (SSSR count). The number of halogens is 2. The summed E-state index contributed by atoms with van der Waals surface area (Å²) in [5, 5.41) is 5.16. The molecule has 0 bridgehead atoms. The molecule has 0 saturated heterocycles. The van der Waals surface area contributed by atoms with E-state index < -0.39 is 0 Å². The van der Waals surface area contributed by atoms with Gasteiger partial charge in [-0.05, 0) is 74.9 Å². The zero-order valence-corrected chi connectivity index (χ0v) is 24.4. The van der Waals surface area contributed by atoms with E-state index >= 15 is 0 Å². The van der Waals surface area contributed by atoms with Crippen molar-refractivity contribution in [3.63, 3.8) is 0 Å². The van der Waals surface area contributed by atoms with Gasteiger partial charge in [0.05, 0.1) is 17.1 Å². The molecule has 0 aliphatic carbocycles. The Balaban J connectivity index is 1.44. The third-order valence-corrected chi connectivity index (χ3v) is 7.61. The molecule has 0 fully saturated rings. The van der Waals surface area contributed by atoms with E-state index in [1.165, 1.54) is 10.7 Å². The van der Waals surface area contributed by atoms with E-state index in [-0.39, 0.29) is 23.9 Å². The van der Waals surface area contributed by atoms with Gasteiger partial charge < -0.3 is 9.30 Å². The number of nitrogens with zero attached hydrogens (tertiary/aromatic N) is 4. The van der Waals surface area contributed by atoms with Crippen molar-refractivity contribution in [3.05, 3.63) is 122 Å². The Labute approximate surface area is 240 Å². The number of benzene rings is 3. The summed E-state index contributed by atoms with van der Waals surface area (Å²) in [6, 6.07) is 21.8.